The molecular formula is C44H52Br4Cl4O4S4. The summed E-state index contributed by atoms with van der Waals surface area (Å²) in [5, 5.41) is 2.18. The van der Waals surface area contributed by atoms with Crippen LogP contribution in [0.25, 0.3) is 0 Å². The lowest BCUT2D eigenvalue weighted by molar-refractivity contribution is 0.0982. The Morgan fingerprint density at radius 3 is 1.43 bits per heavy atom. The monoisotopic (exact) mass is 1230 g/mol. The van der Waals surface area contributed by atoms with E-state index in [9.17, 15) is 19.2 Å². The van der Waals surface area contributed by atoms with E-state index < -0.39 is 10.5 Å². The van der Waals surface area contributed by atoms with Gasteiger partial charge in [-0.3, -0.25) is 19.2 Å². The third-order valence-electron chi connectivity index (χ3n) is 10.3. The molecule has 4 heterocycles. The number of ketones is 2. The Balaban J connectivity index is 0.000000264. The molecule has 0 saturated carbocycles. The topological polar surface area (TPSA) is 68.3 Å². The predicted molar refractivity (Wildman–Crippen MR) is 276 cm³/mol. The highest BCUT2D eigenvalue weighted by Crippen LogP contribution is 2.48. The van der Waals surface area contributed by atoms with Crippen LogP contribution < -0.4 is 0 Å². The van der Waals surface area contributed by atoms with Gasteiger partial charge in [0.25, 0.3) is 10.5 Å². The average molecular weight is 1230 g/mol. The highest BCUT2D eigenvalue weighted by atomic mass is 79.9. The zero-order valence-corrected chi connectivity index (χ0v) is 47.0. The van der Waals surface area contributed by atoms with Gasteiger partial charge < -0.3 is 0 Å². The molecule has 1 aliphatic rings. The van der Waals surface area contributed by atoms with E-state index >= 15 is 0 Å². The van der Waals surface area contributed by atoms with Crippen LogP contribution in [0.1, 0.15) is 192 Å². The van der Waals surface area contributed by atoms with Crippen LogP contribution in [0, 0.1) is 11.8 Å². The fourth-order valence-corrected chi connectivity index (χ4v) is 17.0. The molecule has 0 amide bonds. The first kappa shape index (κ1) is 54.9. The first-order valence-corrected chi connectivity index (χ1v) is 28.6. The lowest BCUT2D eigenvalue weighted by Crippen LogP contribution is -2.18. The summed E-state index contributed by atoms with van der Waals surface area (Å²) in [5.74, 6) is 1.18. The predicted octanol–water partition coefficient (Wildman–Crippen LogP) is 19.8. The van der Waals surface area contributed by atoms with E-state index in [4.69, 9.17) is 46.4 Å². The molecule has 1 aliphatic carbocycles. The maximum absolute atomic E-state index is 13.1. The first-order valence-electron chi connectivity index (χ1n) is 20.6. The van der Waals surface area contributed by atoms with Gasteiger partial charge in [0.1, 0.15) is 0 Å². The molecule has 2 atom stereocenters. The van der Waals surface area contributed by atoms with Crippen LogP contribution >= 0.6 is 155 Å². The zero-order valence-electron chi connectivity index (χ0n) is 34.3. The van der Waals surface area contributed by atoms with Crippen molar-refractivity contribution in [1.82, 2.24) is 0 Å². The van der Waals surface area contributed by atoms with Crippen molar-refractivity contribution in [2.45, 2.75) is 143 Å². The Labute approximate surface area is 426 Å². The molecule has 60 heavy (non-hydrogen) atoms. The van der Waals surface area contributed by atoms with E-state index in [-0.39, 0.29) is 22.7 Å². The fraction of sp³-hybridized carbons (Fsp3) is 0.545. The van der Waals surface area contributed by atoms with Crippen LogP contribution in [0.5, 0.6) is 0 Å². The quantitative estimate of drug-likeness (QED) is 0.0511. The number of thiophene rings is 4. The second-order valence-electron chi connectivity index (χ2n) is 14.9. The standard InChI is InChI=1S/C22H25Br2ClO2S2.C16H27ClS.C6Br2Cl2O2S/c1-3-5-7-8-10-12(9-6-4-2)11-13-17(25)16-18(26)14-15(19(27)20(16)28-13)22(24)29-21(14)23;1-3-5-7-8-10-14(9-6-4-2)13-16-15(17)11-12-18-16;7-3-1(5(9)11)2(6(10)12)4(8)13-3/h12H,3-11H2,1-2H3;11-12,14H,3-10,13H2,1-2H3;. The van der Waals surface area contributed by atoms with E-state index in [2.05, 4.69) is 96.8 Å². The molecule has 2 unspecified atom stereocenters. The van der Waals surface area contributed by atoms with Gasteiger partial charge in [0.15, 0.2) is 5.78 Å². The second-order valence-corrected chi connectivity index (χ2v) is 25.8. The van der Waals surface area contributed by atoms with Crippen molar-refractivity contribution in [3.05, 3.63) is 79.1 Å². The summed E-state index contributed by atoms with van der Waals surface area (Å²) in [7, 11) is 0. The molecular weight excluding hydrogens is 1180 g/mol. The number of hydrogen-bond donors (Lipinski definition) is 0. The molecule has 4 aromatic rings. The van der Waals surface area contributed by atoms with Crippen molar-refractivity contribution < 1.29 is 19.2 Å². The number of carbonyl (C=O) groups is 4. The molecule has 0 saturated heterocycles. The molecule has 4 nitrogen and oxygen atoms in total. The number of hydrogen-bond acceptors (Lipinski definition) is 8. The number of carbonyl (C=O) groups excluding carboxylic acids is 4. The van der Waals surface area contributed by atoms with Crippen molar-refractivity contribution >= 4 is 178 Å². The summed E-state index contributed by atoms with van der Waals surface area (Å²) in [4.78, 5) is 51.0. The van der Waals surface area contributed by atoms with Crippen LogP contribution in [0.15, 0.2) is 26.6 Å². The molecule has 0 N–H and O–H groups in total. The smallest absolute Gasteiger partial charge is 0.255 e. The van der Waals surface area contributed by atoms with Crippen LogP contribution in [0.3, 0.4) is 0 Å². The van der Waals surface area contributed by atoms with Crippen molar-refractivity contribution in [3.63, 3.8) is 0 Å². The highest BCUT2D eigenvalue weighted by molar-refractivity contribution is 9.12. The molecule has 5 rings (SSSR count). The SMILES string of the molecule is CCCCCCC(CCCC)Cc1sc2c(c1Cl)C(=O)c1c(Br)sc(Br)c1C2=O.CCCCCCC(CCCC)Cc1sccc1Cl.O=C(Cl)c1c(Br)sc(Br)c1C(=O)Cl. The van der Waals surface area contributed by atoms with Crippen molar-refractivity contribution in [2.75, 3.05) is 0 Å². The normalized spacial score (nSPS) is 12.9. The molecule has 0 aliphatic heterocycles. The van der Waals surface area contributed by atoms with Crippen LogP contribution in [-0.4, -0.2) is 22.1 Å². The van der Waals surface area contributed by atoms with Gasteiger partial charge in [-0.2, -0.15) is 0 Å². The van der Waals surface area contributed by atoms with Gasteiger partial charge in [-0.15, -0.1) is 45.3 Å². The number of rotatable bonds is 22. The molecule has 0 bridgehead atoms. The maximum Gasteiger partial charge on any atom is 0.255 e. The van der Waals surface area contributed by atoms with E-state index in [1.807, 2.05) is 17.4 Å². The Hall–Kier alpha value is 0.560. The van der Waals surface area contributed by atoms with Crippen molar-refractivity contribution in [1.29, 1.82) is 0 Å². The van der Waals surface area contributed by atoms with Gasteiger partial charge >= 0.3 is 0 Å². The lowest BCUT2D eigenvalue weighted by atomic mass is 9.90. The molecule has 0 fully saturated rings. The minimum atomic E-state index is -0.710. The molecule has 0 aromatic carbocycles. The maximum atomic E-state index is 13.1. The number of halogens is 8. The average Bonchev–Trinajstić information content (AvgIpc) is 3.94. The van der Waals surface area contributed by atoms with Gasteiger partial charge in [-0.05, 0) is 123 Å². The Morgan fingerprint density at radius 2 is 1.00 bits per heavy atom. The summed E-state index contributed by atoms with van der Waals surface area (Å²) in [5.41, 5.74) is 1.56. The first-order chi connectivity index (χ1) is 28.6. The van der Waals surface area contributed by atoms with Crippen molar-refractivity contribution in [2.24, 2.45) is 11.8 Å². The minimum absolute atomic E-state index is 0.0883. The fourth-order valence-electron chi connectivity index (χ4n) is 7.10. The summed E-state index contributed by atoms with van der Waals surface area (Å²) in [6.45, 7) is 9.01. The number of fused-ring (bicyclic) bond motifs is 2. The largest absolute Gasteiger partial charge is 0.288 e. The van der Waals surface area contributed by atoms with E-state index in [0.717, 1.165) is 22.2 Å². The van der Waals surface area contributed by atoms with Gasteiger partial charge in [-0.25, -0.2) is 0 Å². The van der Waals surface area contributed by atoms with Crippen LogP contribution in [-0.2, 0) is 12.8 Å². The lowest BCUT2D eigenvalue weighted by Gasteiger charge is -2.16. The van der Waals surface area contributed by atoms with Crippen LogP contribution in [0.2, 0.25) is 10.0 Å². The molecule has 4 aromatic heterocycles. The van der Waals surface area contributed by atoms with Crippen molar-refractivity contribution in [3.8, 4) is 0 Å². The zero-order chi connectivity index (χ0) is 44.5. The van der Waals surface area contributed by atoms with E-state index in [1.54, 1.807) is 0 Å². The summed E-state index contributed by atoms with van der Waals surface area (Å²) < 4.78 is 2.36. The third kappa shape index (κ3) is 15.9. The highest BCUT2D eigenvalue weighted by Gasteiger charge is 2.39. The van der Waals surface area contributed by atoms with E-state index in [1.165, 1.54) is 148 Å². The Kier molecular flexibility index (Phi) is 26.1. The number of unbranched alkanes of at least 4 members (excludes halogenated alkanes) is 8. The molecule has 332 valence electrons. The van der Waals surface area contributed by atoms with Gasteiger partial charge in [-0.1, -0.05) is 154 Å². The van der Waals surface area contributed by atoms with E-state index in [0.29, 0.717) is 47.7 Å². The molecule has 0 radical (unpaired) electrons. The summed E-state index contributed by atoms with van der Waals surface area (Å²) >= 11 is 42.4. The second kappa shape index (κ2) is 28.6. The van der Waals surface area contributed by atoms with Gasteiger partial charge in [0, 0.05) is 9.75 Å². The molecule has 16 heteroatoms. The minimum Gasteiger partial charge on any atom is -0.288 e. The van der Waals surface area contributed by atoms with Crippen LogP contribution in [0.4, 0.5) is 0 Å². The Morgan fingerprint density at radius 1 is 0.567 bits per heavy atom. The molecule has 0 spiro atoms. The third-order valence-corrected chi connectivity index (χ3v) is 18.9. The van der Waals surface area contributed by atoms with Gasteiger partial charge in [0.05, 0.1) is 57.9 Å². The van der Waals surface area contributed by atoms with Gasteiger partial charge in [0.2, 0.25) is 5.78 Å². The summed E-state index contributed by atoms with van der Waals surface area (Å²) in [6, 6.07) is 2.04. The Bertz CT molecular complexity index is 2000. The summed E-state index contributed by atoms with van der Waals surface area (Å²) in [6.07, 6.45) is 22.8.